The summed E-state index contributed by atoms with van der Waals surface area (Å²) in [5, 5.41) is 0. The number of hydrogen-bond acceptors (Lipinski definition) is 0. The van der Waals surface area contributed by atoms with Crippen molar-refractivity contribution < 1.29 is 0 Å². The van der Waals surface area contributed by atoms with Crippen LogP contribution in [-0.4, -0.2) is 0 Å². The van der Waals surface area contributed by atoms with Crippen molar-refractivity contribution in [3.8, 4) is 0 Å². The molecule has 0 amide bonds. The Labute approximate surface area is 93.3 Å². The Hall–Kier alpha value is -1.30. The molecule has 15 heavy (non-hydrogen) atoms. The fraction of sp³-hybridized carbons (Fsp3) is 0.333. The van der Waals surface area contributed by atoms with Crippen molar-refractivity contribution in [2.75, 3.05) is 0 Å². The largest absolute Gasteiger partial charge is 0.103 e. The van der Waals surface area contributed by atoms with Gasteiger partial charge in [-0.15, -0.1) is 13.2 Å². The number of allylic oxidation sites excluding steroid dienone is 2. The topological polar surface area (TPSA) is 0 Å². The molecule has 0 saturated heterocycles. The van der Waals surface area contributed by atoms with Gasteiger partial charge in [0, 0.05) is 0 Å². The van der Waals surface area contributed by atoms with Gasteiger partial charge in [0.15, 0.2) is 0 Å². The van der Waals surface area contributed by atoms with E-state index >= 15 is 0 Å². The van der Waals surface area contributed by atoms with E-state index in [1.165, 1.54) is 16.7 Å². The average molecular weight is 200 g/mol. The number of rotatable bonds is 5. The maximum atomic E-state index is 3.79. The second-order valence-electron chi connectivity index (χ2n) is 4.22. The van der Waals surface area contributed by atoms with E-state index in [2.05, 4.69) is 45.2 Å². The lowest BCUT2D eigenvalue weighted by molar-refractivity contribution is 0.860. The van der Waals surface area contributed by atoms with Crippen LogP contribution in [0.2, 0.25) is 0 Å². The van der Waals surface area contributed by atoms with Crippen LogP contribution in [0.4, 0.5) is 0 Å². The highest BCUT2D eigenvalue weighted by Crippen LogP contribution is 2.19. The Balaban J connectivity index is 3.07. The van der Waals surface area contributed by atoms with Gasteiger partial charge in [0.1, 0.15) is 0 Å². The van der Waals surface area contributed by atoms with Gasteiger partial charge in [-0.2, -0.15) is 0 Å². The molecule has 0 aliphatic heterocycles. The number of hydrogen-bond donors (Lipinski definition) is 0. The highest BCUT2D eigenvalue weighted by molar-refractivity contribution is 5.33. The van der Waals surface area contributed by atoms with E-state index in [0.717, 1.165) is 12.8 Å². The van der Waals surface area contributed by atoms with E-state index < -0.39 is 0 Å². The van der Waals surface area contributed by atoms with Crippen molar-refractivity contribution in [1.82, 2.24) is 0 Å². The summed E-state index contributed by atoms with van der Waals surface area (Å²) < 4.78 is 0. The first-order valence-corrected chi connectivity index (χ1v) is 5.52. The normalized spacial score (nSPS) is 10.3. The molecule has 0 heteroatoms. The Bertz CT molecular complexity index is 317. The molecule has 0 bridgehead atoms. The molecule has 0 fully saturated rings. The van der Waals surface area contributed by atoms with Crippen LogP contribution in [-0.2, 0) is 12.8 Å². The summed E-state index contributed by atoms with van der Waals surface area (Å²) >= 11 is 0. The minimum atomic E-state index is 0.582. The minimum absolute atomic E-state index is 0.582. The van der Waals surface area contributed by atoms with Gasteiger partial charge in [0.2, 0.25) is 0 Å². The standard InChI is InChI=1S/C15H20/c1-5-7-13-9-14(8-6-2)11-15(10-13)12(3)4/h5-6,9-12H,1-2,7-8H2,3-4H3. The quantitative estimate of drug-likeness (QED) is 0.623. The molecule has 0 heterocycles. The molecule has 0 atom stereocenters. The molecule has 1 rings (SSSR count). The summed E-state index contributed by atoms with van der Waals surface area (Å²) in [6.45, 7) is 12.0. The van der Waals surface area contributed by atoms with Crippen molar-refractivity contribution in [3.63, 3.8) is 0 Å². The Morgan fingerprint density at radius 1 is 1.00 bits per heavy atom. The van der Waals surface area contributed by atoms with E-state index in [0.29, 0.717) is 5.92 Å². The first kappa shape index (κ1) is 11.8. The van der Waals surface area contributed by atoms with Crippen molar-refractivity contribution in [2.45, 2.75) is 32.6 Å². The van der Waals surface area contributed by atoms with Gasteiger partial charge in [-0.3, -0.25) is 0 Å². The summed E-state index contributed by atoms with van der Waals surface area (Å²) in [6.07, 6.45) is 5.81. The maximum absolute atomic E-state index is 3.79. The summed E-state index contributed by atoms with van der Waals surface area (Å²) in [4.78, 5) is 0. The van der Waals surface area contributed by atoms with Gasteiger partial charge in [0.05, 0.1) is 0 Å². The Morgan fingerprint density at radius 3 is 1.80 bits per heavy atom. The van der Waals surface area contributed by atoms with Crippen LogP contribution in [0.5, 0.6) is 0 Å². The molecule has 80 valence electrons. The van der Waals surface area contributed by atoms with Crippen LogP contribution >= 0.6 is 0 Å². The third-order valence-electron chi connectivity index (χ3n) is 2.50. The lowest BCUT2D eigenvalue weighted by Gasteiger charge is -2.10. The highest BCUT2D eigenvalue weighted by atomic mass is 14.1. The number of benzene rings is 1. The van der Waals surface area contributed by atoms with E-state index in [9.17, 15) is 0 Å². The van der Waals surface area contributed by atoms with Gasteiger partial charge in [-0.25, -0.2) is 0 Å². The lowest BCUT2D eigenvalue weighted by atomic mass is 9.95. The van der Waals surface area contributed by atoms with Crippen LogP contribution in [0, 0.1) is 0 Å². The van der Waals surface area contributed by atoms with Crippen LogP contribution in [0.3, 0.4) is 0 Å². The second-order valence-corrected chi connectivity index (χ2v) is 4.22. The van der Waals surface area contributed by atoms with E-state index in [1.54, 1.807) is 0 Å². The first-order valence-electron chi connectivity index (χ1n) is 5.52. The SMILES string of the molecule is C=CCc1cc(CC=C)cc(C(C)C)c1. The molecule has 0 N–H and O–H groups in total. The van der Waals surface area contributed by atoms with Gasteiger partial charge < -0.3 is 0 Å². The minimum Gasteiger partial charge on any atom is -0.103 e. The van der Waals surface area contributed by atoms with Gasteiger partial charge in [-0.1, -0.05) is 44.2 Å². The average Bonchev–Trinajstić information content (AvgIpc) is 2.18. The zero-order valence-corrected chi connectivity index (χ0v) is 9.79. The molecular formula is C15H20. The van der Waals surface area contributed by atoms with E-state index in [-0.39, 0.29) is 0 Å². The van der Waals surface area contributed by atoms with Gasteiger partial charge in [0.25, 0.3) is 0 Å². The molecule has 0 aromatic heterocycles. The monoisotopic (exact) mass is 200 g/mol. The fourth-order valence-electron chi connectivity index (χ4n) is 1.69. The summed E-state index contributed by atoms with van der Waals surface area (Å²) in [7, 11) is 0. The summed E-state index contributed by atoms with van der Waals surface area (Å²) in [5.74, 6) is 0.582. The fourth-order valence-corrected chi connectivity index (χ4v) is 1.69. The molecule has 0 aliphatic carbocycles. The third kappa shape index (κ3) is 3.39. The zero-order valence-electron chi connectivity index (χ0n) is 9.79. The molecule has 0 nitrogen and oxygen atoms in total. The molecule has 0 unspecified atom stereocenters. The Morgan fingerprint density at radius 2 is 1.47 bits per heavy atom. The molecule has 0 spiro atoms. The summed E-state index contributed by atoms with van der Waals surface area (Å²) in [5.41, 5.74) is 4.12. The molecule has 0 radical (unpaired) electrons. The lowest BCUT2D eigenvalue weighted by Crippen LogP contribution is -1.94. The molecule has 1 aromatic rings. The third-order valence-corrected chi connectivity index (χ3v) is 2.50. The highest BCUT2D eigenvalue weighted by Gasteiger charge is 2.03. The first-order chi connectivity index (χ1) is 7.17. The van der Waals surface area contributed by atoms with Crippen molar-refractivity contribution in [3.05, 3.63) is 60.2 Å². The van der Waals surface area contributed by atoms with Gasteiger partial charge in [-0.05, 0) is 35.4 Å². The van der Waals surface area contributed by atoms with Crippen molar-refractivity contribution in [2.24, 2.45) is 0 Å². The maximum Gasteiger partial charge on any atom is -0.00999 e. The van der Waals surface area contributed by atoms with Crippen molar-refractivity contribution >= 4 is 0 Å². The molecule has 0 aliphatic rings. The predicted molar refractivity (Wildman–Crippen MR) is 68.3 cm³/mol. The van der Waals surface area contributed by atoms with Gasteiger partial charge >= 0.3 is 0 Å². The molecule has 1 aromatic carbocycles. The summed E-state index contributed by atoms with van der Waals surface area (Å²) in [6, 6.07) is 6.80. The van der Waals surface area contributed by atoms with Crippen LogP contribution in [0.25, 0.3) is 0 Å². The molecular weight excluding hydrogens is 180 g/mol. The second kappa shape index (κ2) is 5.55. The Kier molecular flexibility index (Phi) is 4.36. The van der Waals surface area contributed by atoms with Crippen LogP contribution < -0.4 is 0 Å². The molecule has 0 saturated carbocycles. The van der Waals surface area contributed by atoms with Crippen LogP contribution in [0.1, 0.15) is 36.5 Å². The van der Waals surface area contributed by atoms with Crippen molar-refractivity contribution in [1.29, 1.82) is 0 Å². The van der Waals surface area contributed by atoms with Crippen LogP contribution in [0.15, 0.2) is 43.5 Å². The zero-order chi connectivity index (χ0) is 11.3. The smallest absolute Gasteiger partial charge is 0.00999 e. The van der Waals surface area contributed by atoms with E-state index in [1.807, 2.05) is 12.2 Å². The predicted octanol–water partition coefficient (Wildman–Crippen LogP) is 4.27. The van der Waals surface area contributed by atoms with E-state index in [4.69, 9.17) is 0 Å².